The molecule has 3 aromatic rings. The molecule has 2 N–H and O–H groups in total. The number of hydrogen-bond donors (Lipinski definition) is 2. The average molecular weight is 445 g/mol. The van der Waals surface area contributed by atoms with Crippen LogP contribution in [0.4, 0.5) is 5.69 Å². The summed E-state index contributed by atoms with van der Waals surface area (Å²) in [7, 11) is 2.92. The number of benzene rings is 3. The number of Topliss-reactive ketones (excluding diaryl/α,β-unsaturated/α-hetero) is 1. The Hall–Kier alpha value is -4.26. The predicted molar refractivity (Wildman–Crippen MR) is 124 cm³/mol. The number of phenols is 1. The molecule has 1 fully saturated rings. The van der Waals surface area contributed by atoms with Crippen LogP contribution in [0.15, 0.2) is 72.3 Å². The zero-order chi connectivity index (χ0) is 23.7. The number of aliphatic hydroxyl groups excluding tert-OH is 1. The van der Waals surface area contributed by atoms with Gasteiger partial charge in [-0.15, -0.1) is 0 Å². The van der Waals surface area contributed by atoms with E-state index in [4.69, 9.17) is 9.47 Å². The van der Waals surface area contributed by atoms with Crippen LogP contribution in [-0.4, -0.2) is 36.1 Å². The lowest BCUT2D eigenvalue weighted by Crippen LogP contribution is -2.29. The maximum Gasteiger partial charge on any atom is 0.300 e. The Labute approximate surface area is 191 Å². The highest BCUT2D eigenvalue weighted by Gasteiger charge is 2.48. The summed E-state index contributed by atoms with van der Waals surface area (Å²) in [5.41, 5.74) is 1.68. The third-order valence-corrected chi connectivity index (χ3v) is 5.61. The zero-order valence-electron chi connectivity index (χ0n) is 18.4. The minimum Gasteiger partial charge on any atom is -0.507 e. The number of ether oxygens (including phenoxy) is 2. The summed E-state index contributed by atoms with van der Waals surface area (Å²) in [6, 6.07) is 17.5. The number of aromatic hydroxyl groups is 1. The maximum atomic E-state index is 13.3. The molecule has 1 aliphatic heterocycles. The van der Waals surface area contributed by atoms with Gasteiger partial charge in [0.15, 0.2) is 0 Å². The van der Waals surface area contributed by atoms with Crippen LogP contribution in [0.25, 0.3) is 5.76 Å². The maximum absolute atomic E-state index is 13.3. The standard InChI is InChI=1S/C26H23NO6/c1-15-9-11-20(28)19(13-15)27-23(16-7-5-4-6-8-16)22(25(30)26(27)31)24(29)18-14-17(32-2)10-12-21(18)33-3/h4-14,23,28-29H,1-3H3/b24-22+. The van der Waals surface area contributed by atoms with Crippen LogP contribution < -0.4 is 14.4 Å². The highest BCUT2D eigenvalue weighted by atomic mass is 16.5. The van der Waals surface area contributed by atoms with Gasteiger partial charge in [0.05, 0.1) is 37.1 Å². The molecule has 1 saturated heterocycles. The molecule has 168 valence electrons. The second kappa shape index (κ2) is 8.70. The molecular formula is C26H23NO6. The smallest absolute Gasteiger partial charge is 0.300 e. The summed E-state index contributed by atoms with van der Waals surface area (Å²) in [4.78, 5) is 27.7. The number of ketones is 1. The fourth-order valence-corrected chi connectivity index (χ4v) is 4.00. The highest BCUT2D eigenvalue weighted by molar-refractivity contribution is 6.52. The lowest BCUT2D eigenvalue weighted by molar-refractivity contribution is -0.132. The van der Waals surface area contributed by atoms with Crippen molar-refractivity contribution >= 4 is 23.1 Å². The molecule has 1 amide bonds. The summed E-state index contributed by atoms with van der Waals surface area (Å²) < 4.78 is 10.6. The highest BCUT2D eigenvalue weighted by Crippen LogP contribution is 2.46. The van der Waals surface area contributed by atoms with Gasteiger partial charge in [-0.1, -0.05) is 36.4 Å². The first-order chi connectivity index (χ1) is 15.9. The first kappa shape index (κ1) is 22.0. The molecule has 1 unspecified atom stereocenters. The van der Waals surface area contributed by atoms with Crippen LogP contribution in [0.1, 0.15) is 22.7 Å². The van der Waals surface area contributed by atoms with Crippen LogP contribution in [0.5, 0.6) is 17.2 Å². The van der Waals surface area contributed by atoms with E-state index in [1.165, 1.54) is 31.3 Å². The molecule has 0 spiro atoms. The second-order valence-electron chi connectivity index (χ2n) is 7.64. The number of anilines is 1. The van der Waals surface area contributed by atoms with Gasteiger partial charge < -0.3 is 19.7 Å². The van der Waals surface area contributed by atoms with Crippen molar-refractivity contribution in [2.24, 2.45) is 0 Å². The number of amides is 1. The van der Waals surface area contributed by atoms with E-state index in [1.54, 1.807) is 48.5 Å². The number of phenolic OH excluding ortho intramolecular Hbond substituents is 1. The summed E-state index contributed by atoms with van der Waals surface area (Å²) in [6.07, 6.45) is 0. The summed E-state index contributed by atoms with van der Waals surface area (Å²) in [5, 5.41) is 21.9. The van der Waals surface area contributed by atoms with Crippen LogP contribution in [0.3, 0.4) is 0 Å². The molecule has 3 aromatic carbocycles. The van der Waals surface area contributed by atoms with Gasteiger partial charge in [0, 0.05) is 0 Å². The zero-order valence-corrected chi connectivity index (χ0v) is 18.4. The van der Waals surface area contributed by atoms with E-state index in [1.807, 2.05) is 13.0 Å². The van der Waals surface area contributed by atoms with E-state index < -0.39 is 23.5 Å². The van der Waals surface area contributed by atoms with Crippen LogP contribution in [0.2, 0.25) is 0 Å². The van der Waals surface area contributed by atoms with Gasteiger partial charge in [-0.05, 0) is 48.4 Å². The fourth-order valence-electron chi connectivity index (χ4n) is 4.00. The molecule has 1 aliphatic rings. The van der Waals surface area contributed by atoms with Gasteiger partial charge in [-0.25, -0.2) is 0 Å². The molecule has 0 aromatic heterocycles. The van der Waals surface area contributed by atoms with Gasteiger partial charge >= 0.3 is 0 Å². The molecule has 1 heterocycles. The lowest BCUT2D eigenvalue weighted by Gasteiger charge is -2.26. The van der Waals surface area contributed by atoms with Crippen molar-refractivity contribution in [2.75, 3.05) is 19.1 Å². The van der Waals surface area contributed by atoms with E-state index in [0.717, 1.165) is 5.56 Å². The Morgan fingerprint density at radius 2 is 1.67 bits per heavy atom. The molecule has 4 rings (SSSR count). The predicted octanol–water partition coefficient (Wildman–Crippen LogP) is 4.34. The minimum atomic E-state index is -0.963. The van der Waals surface area contributed by atoms with E-state index in [-0.39, 0.29) is 22.6 Å². The van der Waals surface area contributed by atoms with Crippen LogP contribution in [-0.2, 0) is 9.59 Å². The Bertz CT molecular complexity index is 1270. The number of hydrogen-bond acceptors (Lipinski definition) is 6. The van der Waals surface area contributed by atoms with Crippen molar-refractivity contribution in [3.8, 4) is 17.2 Å². The normalized spacial score (nSPS) is 17.3. The number of carbonyl (C=O) groups is 2. The van der Waals surface area contributed by atoms with E-state index >= 15 is 0 Å². The first-order valence-electron chi connectivity index (χ1n) is 10.2. The van der Waals surface area contributed by atoms with Crippen molar-refractivity contribution < 1.29 is 29.3 Å². The first-order valence-corrected chi connectivity index (χ1v) is 10.2. The quantitative estimate of drug-likeness (QED) is 0.345. The fraction of sp³-hybridized carbons (Fsp3) is 0.154. The molecule has 0 aliphatic carbocycles. The Morgan fingerprint density at radius 1 is 0.939 bits per heavy atom. The number of nitrogens with zero attached hydrogens (tertiary/aromatic N) is 1. The van der Waals surface area contributed by atoms with Crippen molar-refractivity contribution in [2.45, 2.75) is 13.0 Å². The molecule has 7 heteroatoms. The Balaban J connectivity index is 2.01. The summed E-state index contributed by atoms with van der Waals surface area (Å²) >= 11 is 0. The molecule has 0 radical (unpaired) electrons. The van der Waals surface area contributed by atoms with Gasteiger partial charge in [-0.2, -0.15) is 0 Å². The molecule has 33 heavy (non-hydrogen) atoms. The van der Waals surface area contributed by atoms with Crippen molar-refractivity contribution in [1.82, 2.24) is 0 Å². The molecule has 0 bridgehead atoms. The van der Waals surface area contributed by atoms with E-state index in [2.05, 4.69) is 0 Å². The largest absolute Gasteiger partial charge is 0.507 e. The van der Waals surface area contributed by atoms with Gasteiger partial charge in [0.1, 0.15) is 23.0 Å². The third kappa shape index (κ3) is 3.78. The molecular weight excluding hydrogens is 422 g/mol. The number of carbonyl (C=O) groups excluding carboxylic acids is 2. The summed E-state index contributed by atoms with van der Waals surface area (Å²) in [5.74, 6) is -1.51. The van der Waals surface area contributed by atoms with Crippen LogP contribution >= 0.6 is 0 Å². The van der Waals surface area contributed by atoms with Gasteiger partial charge in [0.25, 0.3) is 11.7 Å². The van der Waals surface area contributed by atoms with Crippen molar-refractivity contribution in [1.29, 1.82) is 0 Å². The molecule has 1 atom stereocenters. The second-order valence-corrected chi connectivity index (χ2v) is 7.64. The molecule has 7 nitrogen and oxygen atoms in total. The topological polar surface area (TPSA) is 96.3 Å². The number of rotatable bonds is 5. The van der Waals surface area contributed by atoms with E-state index in [0.29, 0.717) is 17.1 Å². The monoisotopic (exact) mass is 445 g/mol. The molecule has 0 saturated carbocycles. The van der Waals surface area contributed by atoms with E-state index in [9.17, 15) is 19.8 Å². The minimum absolute atomic E-state index is 0.112. The Morgan fingerprint density at radius 3 is 2.33 bits per heavy atom. The number of aryl methyl sites for hydroxylation is 1. The van der Waals surface area contributed by atoms with Crippen molar-refractivity contribution in [3.63, 3.8) is 0 Å². The number of methoxy groups -OCH3 is 2. The van der Waals surface area contributed by atoms with Gasteiger partial charge in [-0.3, -0.25) is 14.5 Å². The SMILES string of the molecule is COc1ccc(OC)c(/C(O)=C2\C(=O)C(=O)N(c3cc(C)ccc3O)C2c2ccccc2)c1. The lowest BCUT2D eigenvalue weighted by atomic mass is 9.94. The summed E-state index contributed by atoms with van der Waals surface area (Å²) in [6.45, 7) is 1.82. The average Bonchev–Trinajstić information content (AvgIpc) is 3.10. The Kier molecular flexibility index (Phi) is 5.79. The van der Waals surface area contributed by atoms with Crippen LogP contribution in [0, 0.1) is 6.92 Å². The number of aliphatic hydroxyl groups is 1. The third-order valence-electron chi connectivity index (χ3n) is 5.61. The van der Waals surface area contributed by atoms with Crippen molar-refractivity contribution in [3.05, 3.63) is 89.0 Å². The van der Waals surface area contributed by atoms with Gasteiger partial charge in [0.2, 0.25) is 0 Å².